The van der Waals surface area contributed by atoms with Crippen LogP contribution in [-0.4, -0.2) is 61.1 Å². The molecular weight excluding hydrogens is 310 g/mol. The summed E-state index contributed by atoms with van der Waals surface area (Å²) >= 11 is 0. The molecular formula is C17H23N3O4. The van der Waals surface area contributed by atoms with Crippen LogP contribution in [0.2, 0.25) is 0 Å². The summed E-state index contributed by atoms with van der Waals surface area (Å²) in [5.41, 5.74) is 5.32. The second-order valence-electron chi connectivity index (χ2n) is 6.26. The summed E-state index contributed by atoms with van der Waals surface area (Å²) in [6.07, 6.45) is 1.59. The van der Waals surface area contributed by atoms with Crippen molar-refractivity contribution >= 4 is 11.9 Å². The second-order valence-corrected chi connectivity index (χ2v) is 6.26. The number of benzene rings is 1. The molecule has 0 aromatic heterocycles. The molecule has 2 N–H and O–H groups in total. The molecule has 0 radical (unpaired) electrons. The molecule has 0 bridgehead atoms. The first-order chi connectivity index (χ1) is 11.6. The number of hydrogen-bond acceptors (Lipinski definition) is 4. The van der Waals surface area contributed by atoms with Crippen LogP contribution in [0.5, 0.6) is 11.5 Å². The number of carbonyl (C=O) groups is 2. The van der Waals surface area contributed by atoms with E-state index in [2.05, 4.69) is 0 Å². The predicted octanol–water partition coefficient (Wildman–Crippen LogP) is 1.08. The molecule has 2 heterocycles. The number of nitrogens with zero attached hydrogens (tertiary/aromatic N) is 2. The standard InChI is InChI=1S/C17H23N3O4/c1-23-14-6-2-3-7-15(14)24-13-10-20(11-13)16(21)12-5-4-8-19(9-12)17(18)22/h2-3,6-7,12-13H,4-5,8-11H2,1H3,(H2,18,22)/t12-/m0/s1. The van der Waals surface area contributed by atoms with Gasteiger partial charge in [0.15, 0.2) is 11.5 Å². The van der Waals surface area contributed by atoms with Crippen molar-refractivity contribution in [3.63, 3.8) is 0 Å². The number of para-hydroxylation sites is 2. The number of carbonyl (C=O) groups excluding carboxylic acids is 2. The highest BCUT2D eigenvalue weighted by Crippen LogP contribution is 2.29. The Morgan fingerprint density at radius 2 is 1.83 bits per heavy atom. The number of urea groups is 1. The lowest BCUT2D eigenvalue weighted by atomic mass is 9.95. The van der Waals surface area contributed by atoms with E-state index in [9.17, 15) is 9.59 Å². The van der Waals surface area contributed by atoms with Crippen LogP contribution < -0.4 is 15.2 Å². The van der Waals surface area contributed by atoms with E-state index in [4.69, 9.17) is 15.2 Å². The first-order valence-electron chi connectivity index (χ1n) is 8.21. The SMILES string of the molecule is COc1ccccc1OC1CN(C(=O)[C@H]2CCCN(C(N)=O)C2)C1. The molecule has 2 aliphatic heterocycles. The lowest BCUT2D eigenvalue weighted by Crippen LogP contribution is -2.59. The van der Waals surface area contributed by atoms with Crippen LogP contribution in [0.1, 0.15) is 12.8 Å². The lowest BCUT2D eigenvalue weighted by Gasteiger charge is -2.42. The molecule has 2 saturated heterocycles. The molecule has 1 aromatic carbocycles. The van der Waals surface area contributed by atoms with Gasteiger partial charge in [0.25, 0.3) is 0 Å². The van der Waals surface area contributed by atoms with Gasteiger partial charge in [-0.15, -0.1) is 0 Å². The third-order valence-electron chi connectivity index (χ3n) is 4.60. The number of primary amides is 1. The maximum Gasteiger partial charge on any atom is 0.314 e. The van der Waals surface area contributed by atoms with Gasteiger partial charge in [0.1, 0.15) is 6.10 Å². The van der Waals surface area contributed by atoms with E-state index in [0.29, 0.717) is 37.7 Å². The van der Waals surface area contributed by atoms with Gasteiger partial charge in [-0.3, -0.25) is 4.79 Å². The molecule has 1 aromatic rings. The van der Waals surface area contributed by atoms with Crippen LogP contribution in [0.25, 0.3) is 0 Å². The molecule has 0 unspecified atom stereocenters. The number of piperidine rings is 1. The highest BCUT2D eigenvalue weighted by atomic mass is 16.5. The minimum atomic E-state index is -0.450. The third-order valence-corrected chi connectivity index (χ3v) is 4.60. The van der Waals surface area contributed by atoms with Crippen molar-refractivity contribution in [1.29, 1.82) is 0 Å². The van der Waals surface area contributed by atoms with Crippen LogP contribution in [0.3, 0.4) is 0 Å². The van der Waals surface area contributed by atoms with Gasteiger partial charge in [0.05, 0.1) is 26.1 Å². The molecule has 24 heavy (non-hydrogen) atoms. The quantitative estimate of drug-likeness (QED) is 0.893. The van der Waals surface area contributed by atoms with Crippen molar-refractivity contribution in [3.8, 4) is 11.5 Å². The Morgan fingerprint density at radius 3 is 2.50 bits per heavy atom. The first-order valence-corrected chi connectivity index (χ1v) is 8.21. The first kappa shape index (κ1) is 16.4. The molecule has 3 amide bonds. The Labute approximate surface area is 141 Å². The van der Waals surface area contributed by atoms with Crippen molar-refractivity contribution in [2.75, 3.05) is 33.3 Å². The number of methoxy groups -OCH3 is 1. The molecule has 7 nitrogen and oxygen atoms in total. The van der Waals surface area contributed by atoms with Crippen molar-refractivity contribution in [2.24, 2.45) is 11.7 Å². The second kappa shape index (κ2) is 6.98. The maximum atomic E-state index is 12.5. The van der Waals surface area contributed by atoms with Crippen molar-refractivity contribution in [3.05, 3.63) is 24.3 Å². The van der Waals surface area contributed by atoms with Gasteiger partial charge in [0.2, 0.25) is 5.91 Å². The Hall–Kier alpha value is -2.44. The number of ether oxygens (including phenoxy) is 2. The van der Waals surface area contributed by atoms with Crippen molar-refractivity contribution in [1.82, 2.24) is 9.80 Å². The maximum absolute atomic E-state index is 12.5. The number of rotatable bonds is 4. The number of hydrogen-bond donors (Lipinski definition) is 1. The fourth-order valence-electron chi connectivity index (χ4n) is 3.23. The molecule has 0 aliphatic carbocycles. The van der Waals surface area contributed by atoms with Gasteiger partial charge in [-0.05, 0) is 25.0 Å². The molecule has 1 atom stereocenters. The van der Waals surface area contributed by atoms with Gasteiger partial charge >= 0.3 is 6.03 Å². The van der Waals surface area contributed by atoms with Crippen molar-refractivity contribution in [2.45, 2.75) is 18.9 Å². The van der Waals surface area contributed by atoms with Crippen LogP contribution in [0.4, 0.5) is 4.79 Å². The predicted molar refractivity (Wildman–Crippen MR) is 87.9 cm³/mol. The van der Waals surface area contributed by atoms with Gasteiger partial charge in [-0.25, -0.2) is 4.79 Å². The minimum Gasteiger partial charge on any atom is -0.493 e. The lowest BCUT2D eigenvalue weighted by molar-refractivity contribution is -0.145. The van der Waals surface area contributed by atoms with E-state index in [1.807, 2.05) is 24.3 Å². The molecule has 0 spiro atoms. The fourth-order valence-corrected chi connectivity index (χ4v) is 3.23. The zero-order valence-electron chi connectivity index (χ0n) is 13.8. The number of nitrogens with two attached hydrogens (primary N) is 1. The van der Waals surface area contributed by atoms with Gasteiger partial charge < -0.3 is 25.0 Å². The molecule has 2 aliphatic rings. The number of likely N-dealkylation sites (tertiary alicyclic amines) is 2. The Kier molecular flexibility index (Phi) is 4.78. The summed E-state index contributed by atoms with van der Waals surface area (Å²) in [5, 5.41) is 0. The zero-order chi connectivity index (χ0) is 17.1. The minimum absolute atomic E-state index is 0.0268. The molecule has 3 rings (SSSR count). The van der Waals surface area contributed by atoms with Gasteiger partial charge in [-0.2, -0.15) is 0 Å². The fraction of sp³-hybridized carbons (Fsp3) is 0.529. The number of amides is 3. The molecule has 130 valence electrons. The van der Waals surface area contributed by atoms with E-state index in [1.54, 1.807) is 16.9 Å². The largest absolute Gasteiger partial charge is 0.493 e. The summed E-state index contributed by atoms with van der Waals surface area (Å²) in [6, 6.07) is 7.02. The Balaban J connectivity index is 1.51. The van der Waals surface area contributed by atoms with Crippen molar-refractivity contribution < 1.29 is 19.1 Å². The average molecular weight is 333 g/mol. The average Bonchev–Trinajstić information content (AvgIpc) is 2.57. The zero-order valence-corrected chi connectivity index (χ0v) is 13.8. The summed E-state index contributed by atoms with van der Waals surface area (Å²) in [4.78, 5) is 27.2. The van der Waals surface area contributed by atoms with Crippen LogP contribution in [0, 0.1) is 5.92 Å². The monoisotopic (exact) mass is 333 g/mol. The Morgan fingerprint density at radius 1 is 1.12 bits per heavy atom. The summed E-state index contributed by atoms with van der Waals surface area (Å²) in [7, 11) is 1.60. The normalized spacial score (nSPS) is 21.1. The Bertz CT molecular complexity index is 616. The van der Waals surface area contributed by atoms with E-state index in [-0.39, 0.29) is 17.9 Å². The molecule has 2 fully saturated rings. The summed E-state index contributed by atoms with van der Waals surface area (Å²) < 4.78 is 11.2. The topological polar surface area (TPSA) is 85.1 Å². The van der Waals surface area contributed by atoms with E-state index in [1.165, 1.54) is 0 Å². The van der Waals surface area contributed by atoms with Crippen LogP contribution in [0.15, 0.2) is 24.3 Å². The highest BCUT2D eigenvalue weighted by Gasteiger charge is 2.38. The van der Waals surface area contributed by atoms with Crippen LogP contribution in [-0.2, 0) is 4.79 Å². The van der Waals surface area contributed by atoms with E-state index < -0.39 is 6.03 Å². The summed E-state index contributed by atoms with van der Waals surface area (Å²) in [6.45, 7) is 2.18. The van der Waals surface area contributed by atoms with E-state index in [0.717, 1.165) is 12.8 Å². The third kappa shape index (κ3) is 3.39. The van der Waals surface area contributed by atoms with Crippen LogP contribution >= 0.6 is 0 Å². The molecule has 0 saturated carbocycles. The summed E-state index contributed by atoms with van der Waals surface area (Å²) in [5.74, 6) is 1.31. The highest BCUT2D eigenvalue weighted by molar-refractivity contribution is 5.81. The van der Waals surface area contributed by atoms with E-state index >= 15 is 0 Å². The van der Waals surface area contributed by atoms with Gasteiger partial charge in [-0.1, -0.05) is 12.1 Å². The van der Waals surface area contributed by atoms with Gasteiger partial charge in [0, 0.05) is 13.1 Å². The molecule has 7 heteroatoms. The smallest absolute Gasteiger partial charge is 0.314 e.